The highest BCUT2D eigenvalue weighted by molar-refractivity contribution is 6.09. The van der Waals surface area contributed by atoms with Crippen molar-refractivity contribution in [3.8, 4) is 11.5 Å². The lowest BCUT2D eigenvalue weighted by molar-refractivity contribution is 0.0715. The molecule has 152 valence electrons. The lowest BCUT2D eigenvalue weighted by Crippen LogP contribution is -2.30. The van der Waals surface area contributed by atoms with E-state index in [0.29, 0.717) is 55.5 Å². The highest BCUT2D eigenvalue weighted by Gasteiger charge is 2.31. The summed E-state index contributed by atoms with van der Waals surface area (Å²) < 4.78 is 16.2. The van der Waals surface area contributed by atoms with Crippen LogP contribution < -0.4 is 14.8 Å². The molecule has 0 saturated carbocycles. The zero-order valence-electron chi connectivity index (χ0n) is 16.6. The van der Waals surface area contributed by atoms with E-state index in [9.17, 15) is 9.59 Å². The summed E-state index contributed by atoms with van der Waals surface area (Å²) in [5.74, 6) is 0.988. The first-order valence-corrected chi connectivity index (χ1v) is 9.69. The molecule has 2 aromatic carbocycles. The maximum Gasteiger partial charge on any atom is 0.255 e. The highest BCUT2D eigenvalue weighted by atomic mass is 16.6. The molecule has 0 aliphatic carbocycles. The Labute approximate surface area is 169 Å². The predicted octanol–water partition coefficient (Wildman–Crippen LogP) is 2.55. The fourth-order valence-corrected chi connectivity index (χ4v) is 3.68. The first-order valence-electron chi connectivity index (χ1n) is 9.69. The lowest BCUT2D eigenvalue weighted by Gasteiger charge is -2.21. The van der Waals surface area contributed by atoms with Crippen LogP contribution in [-0.2, 0) is 11.3 Å². The molecule has 2 amide bonds. The standard InChI is InChI=1S/C22H24N2O5/c1-14(15-6-7-18-19(12-15)29-11-10-28-18)23-21(25)17-5-3-4-16-13-24(8-9-27-2)22(26)20(16)17/h3-7,12,14H,8-11,13H2,1-2H3,(H,23,25)/t14-/m0/s1. The zero-order chi connectivity index (χ0) is 20.4. The number of hydrogen-bond acceptors (Lipinski definition) is 5. The molecule has 2 aliphatic heterocycles. The molecular formula is C22H24N2O5. The summed E-state index contributed by atoms with van der Waals surface area (Å²) in [5, 5.41) is 3.00. The minimum absolute atomic E-state index is 0.130. The number of ether oxygens (including phenoxy) is 3. The Morgan fingerprint density at radius 2 is 2.00 bits per heavy atom. The Morgan fingerprint density at radius 3 is 2.79 bits per heavy atom. The van der Waals surface area contributed by atoms with Crippen LogP contribution >= 0.6 is 0 Å². The maximum atomic E-state index is 13.0. The molecule has 7 nitrogen and oxygen atoms in total. The largest absolute Gasteiger partial charge is 0.486 e. The van der Waals surface area contributed by atoms with Crippen LogP contribution in [0.4, 0.5) is 0 Å². The fraction of sp³-hybridized carbons (Fsp3) is 0.364. The van der Waals surface area contributed by atoms with Crippen molar-refractivity contribution in [2.45, 2.75) is 19.5 Å². The van der Waals surface area contributed by atoms with Gasteiger partial charge in [-0.05, 0) is 36.2 Å². The van der Waals surface area contributed by atoms with Gasteiger partial charge in [-0.3, -0.25) is 9.59 Å². The van der Waals surface area contributed by atoms with Gasteiger partial charge >= 0.3 is 0 Å². The Bertz CT molecular complexity index is 943. The molecule has 0 fully saturated rings. The molecular weight excluding hydrogens is 372 g/mol. The van der Waals surface area contributed by atoms with Crippen LogP contribution in [0, 0.1) is 0 Å². The topological polar surface area (TPSA) is 77.1 Å². The number of amides is 2. The summed E-state index contributed by atoms with van der Waals surface area (Å²) in [6.45, 7) is 4.40. The first-order chi connectivity index (χ1) is 14.1. The van der Waals surface area contributed by atoms with Gasteiger partial charge < -0.3 is 24.4 Å². The Hall–Kier alpha value is -3.06. The van der Waals surface area contributed by atoms with Crippen molar-refractivity contribution in [1.82, 2.24) is 10.2 Å². The molecule has 1 atom stereocenters. The molecule has 0 aromatic heterocycles. The van der Waals surface area contributed by atoms with Crippen LogP contribution in [0.2, 0.25) is 0 Å². The smallest absolute Gasteiger partial charge is 0.255 e. The average Bonchev–Trinajstić information content (AvgIpc) is 3.07. The van der Waals surface area contributed by atoms with Crippen LogP contribution in [0.1, 0.15) is 44.8 Å². The molecule has 29 heavy (non-hydrogen) atoms. The molecule has 7 heteroatoms. The molecule has 0 spiro atoms. The van der Waals surface area contributed by atoms with Crippen LogP contribution in [0.3, 0.4) is 0 Å². The second kappa shape index (κ2) is 8.13. The highest BCUT2D eigenvalue weighted by Crippen LogP contribution is 2.33. The molecule has 4 rings (SSSR count). The van der Waals surface area contributed by atoms with Gasteiger partial charge in [0.1, 0.15) is 13.2 Å². The van der Waals surface area contributed by atoms with E-state index in [1.807, 2.05) is 37.3 Å². The van der Waals surface area contributed by atoms with E-state index in [0.717, 1.165) is 11.1 Å². The summed E-state index contributed by atoms with van der Waals surface area (Å²) in [7, 11) is 1.60. The Balaban J connectivity index is 1.51. The van der Waals surface area contributed by atoms with Crippen LogP contribution in [0.15, 0.2) is 36.4 Å². The van der Waals surface area contributed by atoms with Crippen molar-refractivity contribution >= 4 is 11.8 Å². The van der Waals surface area contributed by atoms with Gasteiger partial charge in [-0.15, -0.1) is 0 Å². The number of benzene rings is 2. The number of fused-ring (bicyclic) bond motifs is 2. The van der Waals surface area contributed by atoms with Gasteiger partial charge in [0.05, 0.1) is 23.8 Å². The maximum absolute atomic E-state index is 13.0. The van der Waals surface area contributed by atoms with Gasteiger partial charge in [0.15, 0.2) is 11.5 Å². The Kier molecular flexibility index (Phi) is 5.40. The summed E-state index contributed by atoms with van der Waals surface area (Å²) in [6, 6.07) is 10.8. The Morgan fingerprint density at radius 1 is 1.21 bits per heavy atom. The minimum atomic E-state index is -0.272. The second-order valence-corrected chi connectivity index (χ2v) is 7.16. The summed E-state index contributed by atoms with van der Waals surface area (Å²) in [5.41, 5.74) is 2.65. The van der Waals surface area contributed by atoms with Crippen LogP contribution in [0.5, 0.6) is 11.5 Å². The van der Waals surface area contributed by atoms with Crippen LogP contribution in [-0.4, -0.2) is 50.2 Å². The third-order valence-electron chi connectivity index (χ3n) is 5.24. The zero-order valence-corrected chi connectivity index (χ0v) is 16.6. The van der Waals surface area contributed by atoms with Gasteiger partial charge in [-0.2, -0.15) is 0 Å². The fourth-order valence-electron chi connectivity index (χ4n) is 3.68. The number of carbonyl (C=O) groups is 2. The predicted molar refractivity (Wildman–Crippen MR) is 106 cm³/mol. The number of methoxy groups -OCH3 is 1. The molecule has 2 aliphatic rings. The number of hydrogen-bond donors (Lipinski definition) is 1. The van der Waals surface area contributed by atoms with Crippen molar-refractivity contribution in [3.05, 3.63) is 58.7 Å². The van der Waals surface area contributed by atoms with Crippen molar-refractivity contribution in [2.24, 2.45) is 0 Å². The van der Waals surface area contributed by atoms with Crippen molar-refractivity contribution < 1.29 is 23.8 Å². The number of rotatable bonds is 6. The van der Waals surface area contributed by atoms with Crippen molar-refractivity contribution in [2.75, 3.05) is 33.5 Å². The van der Waals surface area contributed by atoms with Crippen LogP contribution in [0.25, 0.3) is 0 Å². The van der Waals surface area contributed by atoms with E-state index in [4.69, 9.17) is 14.2 Å². The molecule has 0 radical (unpaired) electrons. The molecule has 2 heterocycles. The van der Waals surface area contributed by atoms with Gasteiger partial charge in [0.2, 0.25) is 0 Å². The summed E-state index contributed by atoms with van der Waals surface area (Å²) in [6.07, 6.45) is 0. The number of carbonyl (C=O) groups excluding carboxylic acids is 2. The third kappa shape index (κ3) is 3.78. The molecule has 2 aromatic rings. The number of nitrogens with zero attached hydrogens (tertiary/aromatic N) is 1. The summed E-state index contributed by atoms with van der Waals surface area (Å²) in [4.78, 5) is 27.5. The number of nitrogens with one attached hydrogen (secondary N) is 1. The van der Waals surface area contributed by atoms with E-state index in [1.54, 1.807) is 18.1 Å². The SMILES string of the molecule is COCCN1Cc2cccc(C(=O)N[C@@H](C)c3ccc4c(c3)OCCO4)c2C1=O. The van der Waals surface area contributed by atoms with E-state index >= 15 is 0 Å². The van der Waals surface area contributed by atoms with E-state index < -0.39 is 0 Å². The molecule has 0 saturated heterocycles. The van der Waals surface area contributed by atoms with Crippen molar-refractivity contribution in [1.29, 1.82) is 0 Å². The molecule has 0 unspecified atom stereocenters. The summed E-state index contributed by atoms with van der Waals surface area (Å²) >= 11 is 0. The van der Waals surface area contributed by atoms with Crippen molar-refractivity contribution in [3.63, 3.8) is 0 Å². The molecule has 0 bridgehead atoms. The second-order valence-electron chi connectivity index (χ2n) is 7.16. The third-order valence-corrected chi connectivity index (χ3v) is 5.24. The van der Waals surface area contributed by atoms with Gasteiger partial charge in [-0.1, -0.05) is 18.2 Å². The lowest BCUT2D eigenvalue weighted by atomic mass is 10.0. The average molecular weight is 396 g/mol. The minimum Gasteiger partial charge on any atom is -0.486 e. The quantitative estimate of drug-likeness (QED) is 0.812. The van der Waals surface area contributed by atoms with E-state index in [-0.39, 0.29) is 17.9 Å². The normalized spacial score (nSPS) is 15.8. The van der Waals surface area contributed by atoms with E-state index in [1.165, 1.54) is 0 Å². The van der Waals surface area contributed by atoms with Gasteiger partial charge in [0, 0.05) is 20.2 Å². The van der Waals surface area contributed by atoms with Gasteiger partial charge in [0.25, 0.3) is 11.8 Å². The molecule has 1 N–H and O–H groups in total. The van der Waals surface area contributed by atoms with Gasteiger partial charge in [-0.25, -0.2) is 0 Å². The van der Waals surface area contributed by atoms with E-state index in [2.05, 4.69) is 5.32 Å². The monoisotopic (exact) mass is 396 g/mol. The first kappa shape index (κ1) is 19.3.